The van der Waals surface area contributed by atoms with Gasteiger partial charge in [0.1, 0.15) is 23.1 Å². The van der Waals surface area contributed by atoms with E-state index in [0.717, 1.165) is 33.4 Å². The maximum Gasteiger partial charge on any atom is 0.162 e. The summed E-state index contributed by atoms with van der Waals surface area (Å²) in [6.07, 6.45) is 3.20. The third-order valence-corrected chi connectivity index (χ3v) is 5.48. The van der Waals surface area contributed by atoms with Gasteiger partial charge in [0, 0.05) is 11.5 Å². The molecule has 0 fully saturated rings. The summed E-state index contributed by atoms with van der Waals surface area (Å²) in [7, 11) is 3.22. The number of hydrogen-bond acceptors (Lipinski definition) is 6. The molecular formula is C23H19ClN4O3. The van der Waals surface area contributed by atoms with Gasteiger partial charge in [-0.15, -0.1) is 0 Å². The lowest BCUT2D eigenvalue weighted by Crippen LogP contribution is -2.18. The van der Waals surface area contributed by atoms with E-state index in [1.807, 2.05) is 53.4 Å². The number of aromatic amines is 1. The molecule has 8 heteroatoms. The summed E-state index contributed by atoms with van der Waals surface area (Å²) in [5, 5.41) is 1.52. The van der Waals surface area contributed by atoms with Crippen LogP contribution < -0.4 is 14.4 Å². The second-order valence-electron chi connectivity index (χ2n) is 6.92. The summed E-state index contributed by atoms with van der Waals surface area (Å²) in [6.45, 7) is 0.449. The van der Waals surface area contributed by atoms with Crippen molar-refractivity contribution in [3.05, 3.63) is 71.9 Å². The zero-order valence-electron chi connectivity index (χ0n) is 16.9. The Morgan fingerprint density at radius 1 is 1.03 bits per heavy atom. The first-order chi connectivity index (χ1) is 15.2. The van der Waals surface area contributed by atoms with Crippen LogP contribution in [0.5, 0.6) is 11.5 Å². The number of nitrogens with zero attached hydrogens (tertiary/aromatic N) is 3. The van der Waals surface area contributed by atoms with Gasteiger partial charge in [-0.05, 0) is 30.3 Å². The Kier molecular flexibility index (Phi) is 4.88. The number of methoxy groups -OCH3 is 2. The van der Waals surface area contributed by atoms with E-state index in [-0.39, 0.29) is 0 Å². The van der Waals surface area contributed by atoms with Crippen LogP contribution in [0.15, 0.2) is 65.5 Å². The zero-order chi connectivity index (χ0) is 21.4. The largest absolute Gasteiger partial charge is 0.493 e. The van der Waals surface area contributed by atoms with Crippen LogP contribution in [0.1, 0.15) is 5.76 Å². The number of anilines is 2. The summed E-state index contributed by atoms with van der Waals surface area (Å²) in [5.74, 6) is 2.74. The van der Waals surface area contributed by atoms with Gasteiger partial charge in [0.25, 0.3) is 0 Å². The molecule has 5 aromatic rings. The summed E-state index contributed by atoms with van der Waals surface area (Å²) < 4.78 is 16.5. The fourth-order valence-corrected chi connectivity index (χ4v) is 3.95. The van der Waals surface area contributed by atoms with E-state index in [1.54, 1.807) is 26.8 Å². The highest BCUT2D eigenvalue weighted by Gasteiger charge is 2.21. The lowest BCUT2D eigenvalue weighted by molar-refractivity contribution is 0.356. The standard InChI is InChI=1S/C23H19ClN4O3/c1-29-19-10-15-17(11-20(19)30-2)27-22-21(15)25-13-26-23(22)28(12-14-6-5-9-31-14)18-8-4-3-7-16(18)24/h3-11,13,27H,12H2,1-2H3. The minimum Gasteiger partial charge on any atom is -0.493 e. The third-order valence-electron chi connectivity index (χ3n) is 5.16. The van der Waals surface area contributed by atoms with E-state index in [1.165, 1.54) is 0 Å². The molecule has 0 aliphatic heterocycles. The van der Waals surface area contributed by atoms with E-state index in [2.05, 4.69) is 15.0 Å². The maximum atomic E-state index is 6.56. The summed E-state index contributed by atoms with van der Waals surface area (Å²) in [5.41, 5.74) is 3.23. The maximum absolute atomic E-state index is 6.56. The van der Waals surface area contributed by atoms with E-state index < -0.39 is 0 Å². The van der Waals surface area contributed by atoms with Crippen LogP contribution in [0.3, 0.4) is 0 Å². The topological polar surface area (TPSA) is 76.4 Å². The average Bonchev–Trinajstić information content (AvgIpc) is 3.44. The second-order valence-corrected chi connectivity index (χ2v) is 7.32. The van der Waals surface area contributed by atoms with Crippen molar-refractivity contribution in [1.29, 1.82) is 0 Å². The highest BCUT2D eigenvalue weighted by molar-refractivity contribution is 6.33. The lowest BCUT2D eigenvalue weighted by Gasteiger charge is -2.24. The molecule has 0 saturated carbocycles. The van der Waals surface area contributed by atoms with Crippen LogP contribution in [0, 0.1) is 0 Å². The number of para-hydroxylation sites is 1. The molecule has 0 unspecified atom stereocenters. The van der Waals surface area contributed by atoms with E-state index >= 15 is 0 Å². The van der Waals surface area contributed by atoms with Crippen molar-refractivity contribution in [2.24, 2.45) is 0 Å². The predicted octanol–water partition coefficient (Wildman–Crippen LogP) is 5.71. The molecule has 0 amide bonds. The number of aromatic nitrogens is 3. The summed E-state index contributed by atoms with van der Waals surface area (Å²) in [6, 6.07) is 15.2. The molecule has 3 aromatic heterocycles. The van der Waals surface area contributed by atoms with Gasteiger partial charge in [-0.2, -0.15) is 0 Å². The Labute approximate surface area is 183 Å². The molecule has 0 spiro atoms. The molecule has 0 saturated heterocycles. The molecule has 31 heavy (non-hydrogen) atoms. The molecule has 3 heterocycles. The summed E-state index contributed by atoms with van der Waals surface area (Å²) >= 11 is 6.56. The van der Waals surface area contributed by atoms with Gasteiger partial charge in [0.2, 0.25) is 0 Å². The molecule has 2 aromatic carbocycles. The monoisotopic (exact) mass is 434 g/mol. The van der Waals surface area contributed by atoms with Crippen LogP contribution in [0.25, 0.3) is 21.9 Å². The number of ether oxygens (including phenoxy) is 2. The molecule has 0 aliphatic rings. The normalized spacial score (nSPS) is 11.2. The van der Waals surface area contributed by atoms with Gasteiger partial charge in [-0.3, -0.25) is 0 Å². The minimum absolute atomic E-state index is 0.449. The van der Waals surface area contributed by atoms with Crippen molar-refractivity contribution >= 4 is 45.0 Å². The Morgan fingerprint density at radius 3 is 2.58 bits per heavy atom. The number of rotatable bonds is 6. The quantitative estimate of drug-likeness (QED) is 0.368. The smallest absolute Gasteiger partial charge is 0.162 e. The molecular weight excluding hydrogens is 416 g/mol. The number of benzene rings is 2. The van der Waals surface area contributed by atoms with Gasteiger partial charge in [0.15, 0.2) is 17.3 Å². The minimum atomic E-state index is 0.449. The van der Waals surface area contributed by atoms with E-state index in [4.69, 9.17) is 25.5 Å². The molecule has 0 atom stereocenters. The lowest BCUT2D eigenvalue weighted by atomic mass is 10.2. The molecule has 1 N–H and O–H groups in total. The fourth-order valence-electron chi connectivity index (χ4n) is 3.72. The van der Waals surface area contributed by atoms with E-state index in [9.17, 15) is 0 Å². The van der Waals surface area contributed by atoms with Gasteiger partial charge in [0.05, 0.1) is 43.3 Å². The number of H-pyrrole nitrogens is 1. The Morgan fingerprint density at radius 2 is 1.84 bits per heavy atom. The van der Waals surface area contributed by atoms with Crippen molar-refractivity contribution < 1.29 is 13.9 Å². The zero-order valence-corrected chi connectivity index (χ0v) is 17.7. The number of nitrogens with one attached hydrogen (secondary N) is 1. The average molecular weight is 435 g/mol. The van der Waals surface area contributed by atoms with E-state index in [0.29, 0.717) is 28.9 Å². The van der Waals surface area contributed by atoms with Crippen molar-refractivity contribution in [2.45, 2.75) is 6.54 Å². The number of hydrogen-bond donors (Lipinski definition) is 1. The van der Waals surface area contributed by atoms with Crippen LogP contribution in [0.2, 0.25) is 5.02 Å². The molecule has 5 rings (SSSR count). The second kappa shape index (κ2) is 7.85. The fraction of sp³-hybridized carbons (Fsp3) is 0.130. The van der Waals surface area contributed by atoms with Crippen molar-refractivity contribution in [3.8, 4) is 11.5 Å². The van der Waals surface area contributed by atoms with Crippen molar-refractivity contribution in [3.63, 3.8) is 0 Å². The van der Waals surface area contributed by atoms with Crippen LogP contribution in [-0.4, -0.2) is 29.2 Å². The van der Waals surface area contributed by atoms with Crippen LogP contribution in [0.4, 0.5) is 11.5 Å². The number of furan rings is 1. The van der Waals surface area contributed by atoms with Crippen molar-refractivity contribution in [1.82, 2.24) is 15.0 Å². The van der Waals surface area contributed by atoms with Crippen LogP contribution >= 0.6 is 11.6 Å². The van der Waals surface area contributed by atoms with Gasteiger partial charge in [-0.25, -0.2) is 9.97 Å². The van der Waals surface area contributed by atoms with Crippen molar-refractivity contribution in [2.75, 3.05) is 19.1 Å². The Balaban J connectivity index is 1.75. The highest BCUT2D eigenvalue weighted by atomic mass is 35.5. The van der Waals surface area contributed by atoms with Gasteiger partial charge >= 0.3 is 0 Å². The molecule has 0 bridgehead atoms. The molecule has 156 valence electrons. The molecule has 7 nitrogen and oxygen atoms in total. The Hall–Kier alpha value is -3.71. The molecule has 0 aliphatic carbocycles. The Bertz CT molecular complexity index is 1360. The first-order valence-corrected chi connectivity index (χ1v) is 10.00. The van der Waals surface area contributed by atoms with Crippen LogP contribution in [-0.2, 0) is 6.54 Å². The van der Waals surface area contributed by atoms with Gasteiger partial charge in [-0.1, -0.05) is 23.7 Å². The molecule has 0 radical (unpaired) electrons. The number of halogens is 1. The summed E-state index contributed by atoms with van der Waals surface area (Å²) in [4.78, 5) is 14.6. The first-order valence-electron chi connectivity index (χ1n) is 9.62. The van der Waals surface area contributed by atoms with Gasteiger partial charge < -0.3 is 23.8 Å². The highest BCUT2D eigenvalue weighted by Crippen LogP contribution is 2.39. The number of fused-ring (bicyclic) bond motifs is 3. The third kappa shape index (κ3) is 3.33. The first kappa shape index (κ1) is 19.3. The predicted molar refractivity (Wildman–Crippen MR) is 121 cm³/mol. The SMILES string of the molecule is COc1cc2[nH]c3c(N(Cc4ccco4)c4ccccc4Cl)ncnc3c2cc1OC.